The third-order valence-electron chi connectivity index (χ3n) is 2.37. The average molecular weight is 277 g/mol. The maximum absolute atomic E-state index is 11.9. The second-order valence-electron chi connectivity index (χ2n) is 3.80. The van der Waals surface area contributed by atoms with Crippen LogP contribution >= 0.6 is 0 Å². The highest BCUT2D eigenvalue weighted by atomic mass is 32.2. The minimum absolute atomic E-state index is 0.0161. The number of nitrogens with one attached hydrogen (secondary N) is 1. The summed E-state index contributed by atoms with van der Waals surface area (Å²) in [7, 11) is -1.89. The maximum Gasteiger partial charge on any atom is 0.242 e. The molecule has 0 saturated carbocycles. The van der Waals surface area contributed by atoms with E-state index >= 15 is 0 Å². The minimum atomic E-state index is -3.65. The first-order valence-electron chi connectivity index (χ1n) is 5.35. The van der Waals surface area contributed by atoms with E-state index in [0.717, 1.165) is 6.20 Å². The highest BCUT2D eigenvalue weighted by Crippen LogP contribution is 2.08. The van der Waals surface area contributed by atoms with Crippen molar-refractivity contribution in [1.29, 1.82) is 5.26 Å². The van der Waals surface area contributed by atoms with Crippen LogP contribution in [0.4, 0.5) is 0 Å². The highest BCUT2D eigenvalue weighted by molar-refractivity contribution is 7.89. The van der Waals surface area contributed by atoms with E-state index in [0.29, 0.717) is 5.69 Å². The number of sulfonamides is 1. The molecule has 0 amide bonds. The fourth-order valence-electron chi connectivity index (χ4n) is 1.42. The van der Waals surface area contributed by atoms with Crippen LogP contribution in [0.3, 0.4) is 0 Å². The molecule has 98 valence electrons. The number of nitriles is 1. The predicted molar refractivity (Wildman–Crippen MR) is 66.2 cm³/mol. The number of aromatic nitrogens is 3. The zero-order valence-electron chi connectivity index (χ0n) is 10.1. The third-order valence-corrected chi connectivity index (χ3v) is 3.76. The van der Waals surface area contributed by atoms with E-state index in [2.05, 4.69) is 14.8 Å². The van der Waals surface area contributed by atoms with Crippen LogP contribution in [-0.2, 0) is 23.6 Å². The summed E-state index contributed by atoms with van der Waals surface area (Å²) < 4.78 is 27.9. The predicted octanol–water partition coefficient (Wildman–Crippen LogP) is 0.165. The Balaban J connectivity index is 2.11. The number of hydrogen-bond acceptors (Lipinski definition) is 5. The molecule has 8 heteroatoms. The second kappa shape index (κ2) is 5.17. The van der Waals surface area contributed by atoms with Gasteiger partial charge in [-0.3, -0.25) is 4.68 Å². The molecule has 0 spiro atoms. The van der Waals surface area contributed by atoms with Gasteiger partial charge in [0.25, 0.3) is 0 Å². The van der Waals surface area contributed by atoms with Crippen LogP contribution < -0.4 is 4.72 Å². The quantitative estimate of drug-likeness (QED) is 0.858. The van der Waals surface area contributed by atoms with E-state index in [4.69, 9.17) is 5.26 Å². The molecular weight excluding hydrogens is 266 g/mol. The first-order valence-corrected chi connectivity index (χ1v) is 6.84. The molecule has 0 fully saturated rings. The molecule has 0 saturated heterocycles. The zero-order chi connectivity index (χ0) is 13.9. The second-order valence-corrected chi connectivity index (χ2v) is 5.56. The van der Waals surface area contributed by atoms with E-state index in [1.54, 1.807) is 24.0 Å². The molecular formula is C11H11N5O2S. The first kappa shape index (κ1) is 13.2. The molecule has 2 aromatic heterocycles. The number of rotatable bonds is 4. The van der Waals surface area contributed by atoms with Crippen molar-refractivity contribution in [1.82, 2.24) is 19.5 Å². The largest absolute Gasteiger partial charge is 0.276 e. The average Bonchev–Trinajstić information content (AvgIpc) is 2.82. The van der Waals surface area contributed by atoms with Gasteiger partial charge in [0.1, 0.15) is 16.7 Å². The van der Waals surface area contributed by atoms with Gasteiger partial charge in [0.05, 0.1) is 12.2 Å². The highest BCUT2D eigenvalue weighted by Gasteiger charge is 2.14. The van der Waals surface area contributed by atoms with E-state index in [-0.39, 0.29) is 17.1 Å². The van der Waals surface area contributed by atoms with Gasteiger partial charge in [-0.2, -0.15) is 10.4 Å². The lowest BCUT2D eigenvalue weighted by atomic mass is 10.4. The van der Waals surface area contributed by atoms with E-state index in [1.807, 2.05) is 6.07 Å². The molecule has 1 N–H and O–H groups in total. The lowest BCUT2D eigenvalue weighted by molar-refractivity contribution is 0.579. The summed E-state index contributed by atoms with van der Waals surface area (Å²) in [6.07, 6.45) is 2.88. The van der Waals surface area contributed by atoms with Gasteiger partial charge in [0.2, 0.25) is 10.0 Å². The van der Waals surface area contributed by atoms with E-state index in [9.17, 15) is 8.42 Å². The summed E-state index contributed by atoms with van der Waals surface area (Å²) in [5, 5.41) is 12.7. The first-order chi connectivity index (χ1) is 9.01. The van der Waals surface area contributed by atoms with Gasteiger partial charge in [0, 0.05) is 19.4 Å². The van der Waals surface area contributed by atoms with Crippen LogP contribution in [0.15, 0.2) is 35.5 Å². The molecule has 2 heterocycles. The Hall–Kier alpha value is -2.24. The van der Waals surface area contributed by atoms with Crippen LogP contribution in [0.25, 0.3) is 0 Å². The van der Waals surface area contributed by atoms with Crippen LogP contribution in [0, 0.1) is 11.3 Å². The summed E-state index contributed by atoms with van der Waals surface area (Å²) in [4.78, 5) is 3.74. The lowest BCUT2D eigenvalue weighted by Gasteiger charge is -2.04. The van der Waals surface area contributed by atoms with Gasteiger partial charge in [-0.25, -0.2) is 18.1 Å². The molecule has 0 aromatic carbocycles. The summed E-state index contributed by atoms with van der Waals surface area (Å²) in [6, 6.07) is 6.24. The molecule has 0 aliphatic carbocycles. The SMILES string of the molecule is Cn1ccc(CNS(=O)(=O)c2ccc(C#N)nc2)n1. The van der Waals surface area contributed by atoms with Crippen molar-refractivity contribution in [2.45, 2.75) is 11.4 Å². The topological polar surface area (TPSA) is 101 Å². The van der Waals surface area contributed by atoms with Crippen molar-refractivity contribution in [3.8, 4) is 6.07 Å². The molecule has 2 aromatic rings. The smallest absolute Gasteiger partial charge is 0.242 e. The van der Waals surface area contributed by atoms with Crippen molar-refractivity contribution in [3.63, 3.8) is 0 Å². The molecule has 7 nitrogen and oxygen atoms in total. The molecule has 0 radical (unpaired) electrons. The number of nitrogens with zero attached hydrogens (tertiary/aromatic N) is 4. The Morgan fingerprint density at radius 2 is 2.21 bits per heavy atom. The van der Waals surface area contributed by atoms with Crippen LogP contribution in [-0.4, -0.2) is 23.2 Å². The van der Waals surface area contributed by atoms with Crippen LogP contribution in [0.1, 0.15) is 11.4 Å². The Labute approximate surface area is 110 Å². The summed E-state index contributed by atoms with van der Waals surface area (Å²) in [5.74, 6) is 0. The van der Waals surface area contributed by atoms with E-state index < -0.39 is 10.0 Å². The summed E-state index contributed by atoms with van der Waals surface area (Å²) in [5.41, 5.74) is 0.788. The molecule has 0 bridgehead atoms. The molecule has 0 aliphatic rings. The molecule has 0 unspecified atom stereocenters. The van der Waals surface area contributed by atoms with Gasteiger partial charge >= 0.3 is 0 Å². The molecule has 19 heavy (non-hydrogen) atoms. The Bertz CT molecular complexity index is 712. The third kappa shape index (κ3) is 3.15. The van der Waals surface area contributed by atoms with Crippen LogP contribution in [0.2, 0.25) is 0 Å². The fraction of sp³-hybridized carbons (Fsp3) is 0.182. The van der Waals surface area contributed by atoms with Gasteiger partial charge in [-0.1, -0.05) is 0 Å². The zero-order valence-corrected chi connectivity index (χ0v) is 10.9. The normalized spacial score (nSPS) is 11.2. The van der Waals surface area contributed by atoms with E-state index in [1.165, 1.54) is 12.1 Å². The van der Waals surface area contributed by atoms with Crippen molar-refractivity contribution in [2.75, 3.05) is 0 Å². The Morgan fingerprint density at radius 3 is 2.74 bits per heavy atom. The number of hydrogen-bond donors (Lipinski definition) is 1. The van der Waals surface area contributed by atoms with Crippen molar-refractivity contribution >= 4 is 10.0 Å². The van der Waals surface area contributed by atoms with Gasteiger partial charge in [0.15, 0.2) is 0 Å². The van der Waals surface area contributed by atoms with Gasteiger partial charge in [-0.15, -0.1) is 0 Å². The Morgan fingerprint density at radius 1 is 1.42 bits per heavy atom. The van der Waals surface area contributed by atoms with Gasteiger partial charge in [-0.05, 0) is 18.2 Å². The summed E-state index contributed by atoms with van der Waals surface area (Å²) in [6.45, 7) is 0.100. The number of aryl methyl sites for hydroxylation is 1. The van der Waals surface area contributed by atoms with Crippen LogP contribution in [0.5, 0.6) is 0 Å². The molecule has 0 aliphatic heterocycles. The standard InChI is InChI=1S/C11H11N5O2S/c1-16-5-4-10(15-16)7-14-19(17,18)11-3-2-9(6-12)13-8-11/h2-5,8,14H,7H2,1H3. The monoisotopic (exact) mass is 277 g/mol. The van der Waals surface area contributed by atoms with Gasteiger partial charge < -0.3 is 0 Å². The number of pyridine rings is 1. The minimum Gasteiger partial charge on any atom is -0.276 e. The molecule has 2 rings (SSSR count). The summed E-state index contributed by atoms with van der Waals surface area (Å²) >= 11 is 0. The Kier molecular flexibility index (Phi) is 3.59. The maximum atomic E-state index is 11.9. The lowest BCUT2D eigenvalue weighted by Crippen LogP contribution is -2.23. The van der Waals surface area contributed by atoms with Crippen molar-refractivity contribution in [3.05, 3.63) is 42.0 Å². The van der Waals surface area contributed by atoms with Crippen molar-refractivity contribution in [2.24, 2.45) is 7.05 Å². The molecule has 0 atom stereocenters. The fourth-order valence-corrected chi connectivity index (χ4v) is 2.36. The van der Waals surface area contributed by atoms with Crippen molar-refractivity contribution < 1.29 is 8.42 Å².